The van der Waals surface area contributed by atoms with Crippen molar-refractivity contribution in [3.05, 3.63) is 171 Å². The molecule has 142 heavy (non-hydrogen) atoms. The topological polar surface area (TPSA) is 614 Å². The van der Waals surface area contributed by atoms with Gasteiger partial charge in [-0.3, -0.25) is 43.7 Å². The first kappa shape index (κ1) is 103. The summed E-state index contributed by atoms with van der Waals surface area (Å²) in [5, 5.41) is 142. The van der Waals surface area contributed by atoms with Crippen molar-refractivity contribution in [2.75, 3.05) is 39.2 Å². The number of amides is 10. The zero-order chi connectivity index (χ0) is 101. The number of fused-ring (bicyclic) bond motifs is 16. The van der Waals surface area contributed by atoms with Crippen LogP contribution in [0.4, 0.5) is 10.5 Å². The summed E-state index contributed by atoms with van der Waals surface area (Å²) in [5.41, 5.74) is 2.31. The number of hydrogen-bond donors (Lipinski definition) is 22. The molecule has 19 rings (SSSR count). The number of methoxy groups -OCH3 is 1. The Morgan fingerprint density at radius 3 is 1.98 bits per heavy atom. The van der Waals surface area contributed by atoms with Gasteiger partial charge in [0.15, 0.2) is 23.9 Å². The maximum absolute atomic E-state index is 17.0. The van der Waals surface area contributed by atoms with E-state index in [1.54, 1.807) is 13.8 Å². The maximum Gasteiger partial charge on any atom is 0.325 e. The van der Waals surface area contributed by atoms with E-state index < -0.39 is 248 Å². The lowest BCUT2D eigenvalue weighted by Gasteiger charge is -2.54. The lowest BCUT2D eigenvalue weighted by atomic mass is 9.54. The summed E-state index contributed by atoms with van der Waals surface area (Å²) in [4.78, 5) is 141. The molecule has 43 heteroatoms. The van der Waals surface area contributed by atoms with Gasteiger partial charge >= 0.3 is 6.03 Å². The van der Waals surface area contributed by atoms with Gasteiger partial charge < -0.3 is 143 Å². The second-order valence-electron chi connectivity index (χ2n) is 38.5. The monoisotopic (exact) mass is 2010 g/mol. The number of ether oxygens (including phenoxy) is 8. The number of aromatic hydroxyl groups is 2. The minimum atomic E-state index is -4.15. The average molecular weight is 2010 g/mol. The number of halogens is 1. The quantitative estimate of drug-likeness (QED) is 0.0328. The first-order chi connectivity index (χ1) is 67.8. The third kappa shape index (κ3) is 22.2. The van der Waals surface area contributed by atoms with Gasteiger partial charge in [0.2, 0.25) is 69.3 Å². The second kappa shape index (κ2) is 43.3. The van der Waals surface area contributed by atoms with Crippen molar-refractivity contribution >= 4 is 80.6 Å². The summed E-state index contributed by atoms with van der Waals surface area (Å²) < 4.78 is 81.0. The summed E-state index contributed by atoms with van der Waals surface area (Å²) in [6.07, 6.45) is -15.5. The Labute approximate surface area is 822 Å². The van der Waals surface area contributed by atoms with E-state index in [0.717, 1.165) is 93.8 Å². The van der Waals surface area contributed by atoms with E-state index in [1.807, 2.05) is 0 Å². The second-order valence-corrected chi connectivity index (χ2v) is 40.7. The highest BCUT2D eigenvalue weighted by Gasteiger charge is 2.55. The SMILES string of the molecule is CCCCCOc1ccc(S(=O)(=O)NCCNCc2c(O)cc3c(c2CO)-c2cc(ccc2O)[C@H]2NC(=O)[C@@H]4NC(=O)[C@H](CC(=O)NC(=O)Nc5ccc(OC)cc5)NC(=O)[C@H](NC(=O)[C@@H](CC(C)C)NC)[C@H](O)c5ccc6c(c5)C(O)[C@H]5O[C@@H](Oc7c(cc4cc7O6)Oc4ccc(cc4Cl)[C@@H](O)[C@H](NC2=O)C(=O)N[C@@H]3C(=O)NC2C3CC4CC(C3)CC2C4)[C@H](O[C@H]2C[C@](C)(N)[C@H](O)[C@H](C)O2)[C@@H](O)[C@@H]5O)cc1. The molecular formula is C99H120ClN13O28S. The van der Waals surface area contributed by atoms with Gasteiger partial charge in [0.25, 0.3) is 0 Å². The molecule has 0 aromatic heterocycles. The van der Waals surface area contributed by atoms with E-state index >= 15 is 28.8 Å². The molecular weight excluding hydrogens is 1890 g/mol. The number of sulfonamides is 1. The van der Waals surface area contributed by atoms with Crippen LogP contribution in [-0.4, -0.2) is 226 Å². The van der Waals surface area contributed by atoms with Crippen LogP contribution in [0.1, 0.15) is 186 Å². The van der Waals surface area contributed by atoms with E-state index in [4.69, 9.17) is 55.2 Å². The van der Waals surface area contributed by atoms with Crippen molar-refractivity contribution in [1.29, 1.82) is 0 Å². The van der Waals surface area contributed by atoms with Gasteiger partial charge in [-0.1, -0.05) is 63.4 Å². The number of carbonyl (C=O) groups excluding carboxylic acids is 9. The number of aliphatic hydroxyl groups excluding tert-OH is 7. The highest BCUT2D eigenvalue weighted by molar-refractivity contribution is 7.89. The molecule has 2 saturated heterocycles. The molecule has 8 aliphatic heterocycles. The number of benzene rings is 7. The fraction of sp³-hybridized carbons (Fsp3) is 0.485. The van der Waals surface area contributed by atoms with Crippen molar-refractivity contribution in [2.24, 2.45) is 35.3 Å². The van der Waals surface area contributed by atoms with Crippen LogP contribution in [0.15, 0.2) is 126 Å². The predicted octanol–water partition coefficient (Wildman–Crippen LogP) is 4.66. The molecule has 0 radical (unpaired) electrons. The number of rotatable bonds is 26. The number of imide groups is 1. The number of urea groups is 1. The van der Waals surface area contributed by atoms with Gasteiger partial charge in [-0.25, -0.2) is 17.9 Å². The van der Waals surface area contributed by atoms with Crippen molar-refractivity contribution < 1.29 is 135 Å². The van der Waals surface area contributed by atoms with Gasteiger partial charge in [0, 0.05) is 60.0 Å². The minimum absolute atomic E-state index is 0.00689. The van der Waals surface area contributed by atoms with Crippen LogP contribution in [-0.2, 0) is 75.7 Å². The van der Waals surface area contributed by atoms with Crippen LogP contribution in [0.3, 0.4) is 0 Å². The average Bonchev–Trinajstić information content (AvgIpc) is 0.751. The van der Waals surface area contributed by atoms with Crippen LogP contribution in [0.2, 0.25) is 5.02 Å². The standard InChI is InChI=1S/C99H120ClN13O28S/c1-8-9-10-27-135-56-18-20-57(21-19-56)142(132,133)104-26-25-103-42-61-62(43-114)74-58-34-48(11-22-66(58)115)76-92(126)113-80(96(130)111-78(60(74)39-67(61)116)94(128)108-75-51-30-46-29-47(32-51)33-52(75)31-46)82(119)50-13-24-69(63(100)36-50)138-71-38-53-37-70-86(71)140-97-88(139-73-41-99(5,101)89(123)45(4)136-73)85(122)84(121)87(141-97)83(120)59-35-49(12-23-68(59)137-70)81(118)79(112-90(124)64(102-6)28-44(2)3)95(129)106-65(91(125)109-77(53)93(127)110-76)40-72(117)107-98(131)105-54-14-16-55(134-7)17-15-54/h11-24,34-39,44-47,51-52,64-65,73,75-85,87-89,97,102-104,114-116,118-123H,8-10,25-33,40-43,101H2,1-7H3,(H,106,129)(H,108,128)(H,109,125)(H,110,127)(H,111,130)(H,112,124)(H,113,126)(H2,105,107,117,131)/t45-,46?,47?,51?,52?,64+,65-,73-,75?,76+,77+,78-,79+,80-,81+,82+,83?,84-,85-,87+,88+,89+,97+,99-/m0/s1. The zero-order valence-electron chi connectivity index (χ0n) is 78.9. The molecule has 10 amide bonds. The highest BCUT2D eigenvalue weighted by Crippen LogP contribution is 2.56. The third-order valence-electron chi connectivity index (χ3n) is 28.0. The summed E-state index contributed by atoms with van der Waals surface area (Å²) >= 11 is 7.38. The Balaban J connectivity index is 0.870. The first-order valence-electron chi connectivity index (χ1n) is 47.5. The van der Waals surface area contributed by atoms with Crippen LogP contribution in [0.5, 0.6) is 51.7 Å². The van der Waals surface area contributed by atoms with Crippen molar-refractivity contribution in [3.63, 3.8) is 0 Å². The predicted molar refractivity (Wildman–Crippen MR) is 507 cm³/mol. The van der Waals surface area contributed by atoms with Gasteiger partial charge in [0.1, 0.15) is 107 Å². The number of phenols is 2. The Hall–Kier alpha value is -12.0. The molecule has 23 N–H and O–H groups in total. The van der Waals surface area contributed by atoms with E-state index in [9.17, 15) is 68.8 Å². The first-order valence-corrected chi connectivity index (χ1v) is 49.4. The smallest absolute Gasteiger partial charge is 0.325 e. The van der Waals surface area contributed by atoms with Crippen molar-refractivity contribution in [1.82, 2.24) is 57.9 Å². The number of carbonyl (C=O) groups is 9. The molecule has 12 aliphatic rings. The number of likely N-dealkylation sites (N-methyl/N-ethyl adjacent to an activating group) is 1. The third-order valence-corrected chi connectivity index (χ3v) is 29.8. The highest BCUT2D eigenvalue weighted by atomic mass is 35.5. The molecule has 18 bridgehead atoms. The van der Waals surface area contributed by atoms with Gasteiger partial charge in [-0.15, -0.1) is 0 Å². The Morgan fingerprint density at radius 1 is 0.662 bits per heavy atom. The molecule has 4 saturated carbocycles. The van der Waals surface area contributed by atoms with Crippen LogP contribution >= 0.6 is 11.6 Å². The number of anilines is 1. The Kier molecular flexibility index (Phi) is 31.4. The Morgan fingerprint density at radius 2 is 1.32 bits per heavy atom. The molecule has 6 fully saturated rings. The zero-order valence-corrected chi connectivity index (χ0v) is 80.4. The van der Waals surface area contributed by atoms with Gasteiger partial charge in [0.05, 0.1) is 54.9 Å². The largest absolute Gasteiger partial charge is 0.508 e. The fourth-order valence-electron chi connectivity index (χ4n) is 20.8. The van der Waals surface area contributed by atoms with E-state index in [1.165, 1.54) is 107 Å². The Bertz CT molecular complexity index is 6020. The van der Waals surface area contributed by atoms with E-state index in [0.29, 0.717) is 29.9 Å². The molecule has 762 valence electrons. The van der Waals surface area contributed by atoms with Crippen molar-refractivity contribution in [2.45, 2.75) is 245 Å². The number of phenolic OH excluding ortho intramolecular Hbond substituents is 2. The molecule has 41 nitrogen and oxygen atoms in total. The van der Waals surface area contributed by atoms with E-state index in [-0.39, 0.29) is 111 Å². The number of aliphatic hydroxyl groups is 7. The van der Waals surface area contributed by atoms with Gasteiger partial charge in [-0.05, 0) is 238 Å². The lowest BCUT2D eigenvalue weighted by Crippen LogP contribution is -2.64. The summed E-state index contributed by atoms with van der Waals surface area (Å²) in [6.45, 7) is 7.28. The summed E-state index contributed by atoms with van der Waals surface area (Å²) in [6, 6.07) is 8.98. The normalized spacial score (nSPS) is 29.0. The lowest BCUT2D eigenvalue weighted by molar-refractivity contribution is -0.339. The summed E-state index contributed by atoms with van der Waals surface area (Å²) in [7, 11) is -1.29. The van der Waals surface area contributed by atoms with Crippen molar-refractivity contribution in [3.8, 4) is 62.9 Å². The van der Waals surface area contributed by atoms with Crippen LogP contribution < -0.4 is 92.6 Å². The molecule has 1 unspecified atom stereocenters. The molecule has 19 atom stereocenters. The number of hydrogen-bond acceptors (Lipinski definition) is 31. The molecule has 7 aromatic carbocycles. The van der Waals surface area contributed by atoms with Crippen LogP contribution in [0, 0.1) is 29.6 Å². The van der Waals surface area contributed by atoms with Crippen LogP contribution in [0.25, 0.3) is 11.1 Å². The molecule has 0 spiro atoms. The van der Waals surface area contributed by atoms with E-state index in [2.05, 4.69) is 70.1 Å². The molecule has 7 aromatic rings. The molecule has 4 aliphatic carbocycles. The minimum Gasteiger partial charge on any atom is -0.508 e. The molecule has 8 heterocycles. The summed E-state index contributed by atoms with van der Waals surface area (Å²) in [5.74, 6) is -12.7. The number of nitrogens with two attached hydrogens (primary N) is 1. The van der Waals surface area contributed by atoms with Gasteiger partial charge in [-0.2, -0.15) is 0 Å². The fourth-order valence-corrected chi connectivity index (χ4v) is 22.1. The number of nitrogens with one attached hydrogen (secondary N) is 12. The number of unbranched alkanes of at least 4 members (excludes halogenated alkanes) is 2. The maximum atomic E-state index is 17.0.